The summed E-state index contributed by atoms with van der Waals surface area (Å²) in [5.74, 6) is -0.829. The minimum atomic E-state index is -4.37. The van der Waals surface area contributed by atoms with Gasteiger partial charge in [0, 0.05) is 18.0 Å². The van der Waals surface area contributed by atoms with Crippen LogP contribution in [0.25, 0.3) is 0 Å². The van der Waals surface area contributed by atoms with Crippen LogP contribution in [-0.4, -0.2) is 54.0 Å². The van der Waals surface area contributed by atoms with Crippen LogP contribution in [-0.2, 0) is 28.2 Å². The number of urea groups is 1. The Morgan fingerprint density at radius 2 is 1.94 bits per heavy atom. The van der Waals surface area contributed by atoms with Crippen molar-refractivity contribution in [2.75, 3.05) is 6.54 Å². The molecule has 2 heterocycles. The highest BCUT2D eigenvalue weighted by atomic mass is 32.2. The standard InChI is InChI=1S/C18H19N5O8S/c24-14-6-12(19-8-15(14)31-10-11-4-2-1-3-5-11)7-20-32(29,30)22-17(26)23-9-13(16(23)25)21-18(27)28/h1-6,8,13,20-21H,7,9-10H2,(H,19,24)(H,22,26)(H,27,28). The number of nitrogens with zero attached hydrogens (tertiary/aromatic N) is 1. The van der Waals surface area contributed by atoms with Gasteiger partial charge in [0.15, 0.2) is 5.75 Å². The number of likely N-dealkylation sites (tertiary alicyclic amines) is 1. The van der Waals surface area contributed by atoms with Crippen molar-refractivity contribution in [3.05, 3.63) is 64.1 Å². The van der Waals surface area contributed by atoms with Gasteiger partial charge in [0.1, 0.15) is 12.6 Å². The van der Waals surface area contributed by atoms with Crippen LogP contribution < -0.4 is 24.9 Å². The second kappa shape index (κ2) is 9.49. The predicted octanol–water partition coefficient (Wildman–Crippen LogP) is -0.524. The van der Waals surface area contributed by atoms with E-state index in [2.05, 4.69) is 9.71 Å². The minimum Gasteiger partial charge on any atom is -0.483 e. The maximum Gasteiger partial charge on any atom is 0.405 e. The number of pyridine rings is 1. The summed E-state index contributed by atoms with van der Waals surface area (Å²) in [4.78, 5) is 49.5. The molecule has 4 amide bonds. The van der Waals surface area contributed by atoms with Crippen molar-refractivity contribution in [2.24, 2.45) is 0 Å². The first-order chi connectivity index (χ1) is 15.1. The number of aromatic amines is 1. The fourth-order valence-electron chi connectivity index (χ4n) is 2.70. The number of hydrogen-bond acceptors (Lipinski definition) is 7. The molecule has 32 heavy (non-hydrogen) atoms. The molecule has 0 saturated carbocycles. The molecule has 1 fully saturated rings. The average molecular weight is 465 g/mol. The molecular weight excluding hydrogens is 446 g/mol. The molecule has 2 aromatic rings. The Morgan fingerprint density at radius 3 is 2.56 bits per heavy atom. The van der Waals surface area contributed by atoms with Crippen LogP contribution in [0.3, 0.4) is 0 Å². The zero-order valence-corrected chi connectivity index (χ0v) is 17.2. The number of carboxylic acid groups (broad SMARTS) is 1. The summed E-state index contributed by atoms with van der Waals surface area (Å²) >= 11 is 0. The van der Waals surface area contributed by atoms with Crippen molar-refractivity contribution in [1.29, 1.82) is 0 Å². The van der Waals surface area contributed by atoms with Crippen molar-refractivity contribution in [3.63, 3.8) is 0 Å². The highest BCUT2D eigenvalue weighted by Gasteiger charge is 2.42. The molecule has 1 aromatic heterocycles. The molecule has 170 valence electrons. The fourth-order valence-corrected chi connectivity index (χ4v) is 3.45. The summed E-state index contributed by atoms with van der Waals surface area (Å²) in [5, 5.41) is 10.4. The minimum absolute atomic E-state index is 0.0505. The highest BCUT2D eigenvalue weighted by Crippen LogP contribution is 2.11. The number of aromatic nitrogens is 1. The third-order valence-electron chi connectivity index (χ3n) is 4.32. The molecule has 0 spiro atoms. The number of rotatable bonds is 8. The van der Waals surface area contributed by atoms with Crippen LogP contribution in [0.5, 0.6) is 5.75 Å². The van der Waals surface area contributed by atoms with Crippen LogP contribution in [0.1, 0.15) is 11.3 Å². The normalized spacial score (nSPS) is 15.6. The smallest absolute Gasteiger partial charge is 0.405 e. The van der Waals surface area contributed by atoms with Crippen molar-refractivity contribution in [3.8, 4) is 5.75 Å². The summed E-state index contributed by atoms with van der Waals surface area (Å²) < 4.78 is 33.2. The van der Waals surface area contributed by atoms with Crippen LogP contribution in [0.15, 0.2) is 47.4 Å². The predicted molar refractivity (Wildman–Crippen MR) is 109 cm³/mol. The number of H-pyrrole nitrogens is 1. The molecule has 0 aliphatic carbocycles. The number of ether oxygens (including phenoxy) is 1. The van der Waals surface area contributed by atoms with E-state index in [9.17, 15) is 27.6 Å². The first-order valence-electron chi connectivity index (χ1n) is 9.15. The molecule has 3 rings (SSSR count). The van der Waals surface area contributed by atoms with Crippen molar-refractivity contribution in [1.82, 2.24) is 24.6 Å². The molecule has 5 N–H and O–H groups in total. The van der Waals surface area contributed by atoms with Crippen LogP contribution in [0.2, 0.25) is 0 Å². The Labute approximate surface area is 181 Å². The Balaban J connectivity index is 1.50. The monoisotopic (exact) mass is 465 g/mol. The fraction of sp³-hybridized carbons (Fsp3) is 0.222. The first-order valence-corrected chi connectivity index (χ1v) is 10.6. The number of carbonyl (C=O) groups excluding carboxylic acids is 2. The summed E-state index contributed by atoms with van der Waals surface area (Å²) in [6, 6.07) is 7.99. The Hall–Kier alpha value is -3.91. The second-order valence-corrected chi connectivity index (χ2v) is 8.14. The molecule has 1 aliphatic rings. The van der Waals surface area contributed by atoms with E-state index in [4.69, 9.17) is 9.84 Å². The zero-order valence-electron chi connectivity index (χ0n) is 16.4. The van der Waals surface area contributed by atoms with Gasteiger partial charge >= 0.3 is 22.3 Å². The number of amides is 4. The van der Waals surface area contributed by atoms with E-state index in [-0.39, 0.29) is 31.1 Å². The van der Waals surface area contributed by atoms with Crippen molar-refractivity contribution >= 4 is 28.2 Å². The van der Waals surface area contributed by atoms with E-state index in [1.165, 1.54) is 6.20 Å². The molecule has 0 radical (unpaired) electrons. The summed E-state index contributed by atoms with van der Waals surface area (Å²) in [6.45, 7) is -0.474. The van der Waals surface area contributed by atoms with Gasteiger partial charge in [0.2, 0.25) is 5.43 Å². The number of carbonyl (C=O) groups is 3. The molecule has 1 saturated heterocycles. The van der Waals surface area contributed by atoms with E-state index in [0.29, 0.717) is 4.90 Å². The van der Waals surface area contributed by atoms with Gasteiger partial charge in [0.05, 0.1) is 13.1 Å². The van der Waals surface area contributed by atoms with Gasteiger partial charge in [-0.3, -0.25) is 14.5 Å². The van der Waals surface area contributed by atoms with E-state index in [1.54, 1.807) is 4.72 Å². The third kappa shape index (κ3) is 5.83. The second-order valence-electron chi connectivity index (χ2n) is 6.64. The Kier molecular flexibility index (Phi) is 6.75. The largest absolute Gasteiger partial charge is 0.483 e. The number of β-lactam (4-membered cyclic amide) rings is 1. The maximum atomic E-state index is 12.2. The SMILES string of the molecule is O=C(O)NC1CN(C(=O)NS(=O)(=O)NCc2cc(=O)c(OCc3ccccc3)c[nH]2)C1=O. The number of nitrogens with one attached hydrogen (secondary N) is 4. The lowest BCUT2D eigenvalue weighted by Gasteiger charge is -2.35. The van der Waals surface area contributed by atoms with Crippen molar-refractivity contribution < 1.29 is 32.6 Å². The molecule has 1 atom stereocenters. The third-order valence-corrected chi connectivity index (χ3v) is 5.29. The number of benzene rings is 1. The van der Waals surface area contributed by atoms with Gasteiger partial charge in [-0.1, -0.05) is 30.3 Å². The van der Waals surface area contributed by atoms with E-state index >= 15 is 0 Å². The van der Waals surface area contributed by atoms with Gasteiger partial charge < -0.3 is 20.1 Å². The molecule has 14 heteroatoms. The van der Waals surface area contributed by atoms with Gasteiger partial charge in [-0.15, -0.1) is 0 Å². The summed E-state index contributed by atoms with van der Waals surface area (Å²) in [7, 11) is -4.37. The number of imide groups is 1. The topological polar surface area (TPSA) is 187 Å². The van der Waals surface area contributed by atoms with E-state index < -0.39 is 39.7 Å². The van der Waals surface area contributed by atoms with Crippen molar-refractivity contribution in [2.45, 2.75) is 19.2 Å². The van der Waals surface area contributed by atoms with Gasteiger partial charge in [-0.2, -0.15) is 13.1 Å². The zero-order chi connectivity index (χ0) is 23.3. The lowest BCUT2D eigenvalue weighted by molar-refractivity contribution is -0.138. The molecule has 1 aliphatic heterocycles. The molecule has 0 bridgehead atoms. The maximum absolute atomic E-state index is 12.2. The summed E-state index contributed by atoms with van der Waals surface area (Å²) in [5.41, 5.74) is 0.594. The molecule has 13 nitrogen and oxygen atoms in total. The van der Waals surface area contributed by atoms with Crippen LogP contribution in [0.4, 0.5) is 9.59 Å². The van der Waals surface area contributed by atoms with Crippen LogP contribution in [0, 0.1) is 0 Å². The van der Waals surface area contributed by atoms with Gasteiger partial charge in [-0.25, -0.2) is 14.3 Å². The molecular formula is C18H19N5O8S. The van der Waals surface area contributed by atoms with Crippen LogP contribution >= 0.6 is 0 Å². The Bertz CT molecular complexity index is 1180. The lowest BCUT2D eigenvalue weighted by atomic mass is 10.1. The average Bonchev–Trinajstić information content (AvgIpc) is 2.74. The van der Waals surface area contributed by atoms with Gasteiger partial charge in [-0.05, 0) is 5.56 Å². The molecule has 1 unspecified atom stereocenters. The number of hydrogen-bond donors (Lipinski definition) is 5. The van der Waals surface area contributed by atoms with Gasteiger partial charge in [0.25, 0.3) is 5.91 Å². The Morgan fingerprint density at radius 1 is 1.22 bits per heavy atom. The quantitative estimate of drug-likeness (QED) is 0.322. The highest BCUT2D eigenvalue weighted by molar-refractivity contribution is 7.88. The molecule has 1 aromatic carbocycles. The summed E-state index contributed by atoms with van der Waals surface area (Å²) in [6.07, 6.45) is -0.148. The van der Waals surface area contributed by atoms with E-state index in [1.807, 2.05) is 35.6 Å². The van der Waals surface area contributed by atoms with E-state index in [0.717, 1.165) is 11.6 Å². The first kappa shape index (κ1) is 22.8. The lowest BCUT2D eigenvalue weighted by Crippen LogP contribution is -2.67.